The van der Waals surface area contributed by atoms with E-state index in [2.05, 4.69) is 5.32 Å². The summed E-state index contributed by atoms with van der Waals surface area (Å²) in [4.78, 5) is 26.0. The maximum absolute atomic E-state index is 12.5. The zero-order valence-corrected chi connectivity index (χ0v) is 14.6. The molecule has 0 saturated heterocycles. The fraction of sp³-hybridized carbons (Fsp3) is 0.263. The van der Waals surface area contributed by atoms with Crippen LogP contribution in [0.2, 0.25) is 0 Å². The van der Waals surface area contributed by atoms with Crippen molar-refractivity contribution < 1.29 is 19.1 Å². The van der Waals surface area contributed by atoms with Gasteiger partial charge in [-0.15, -0.1) is 0 Å². The number of hydrogen-bond donors (Lipinski definition) is 1. The van der Waals surface area contributed by atoms with Crippen LogP contribution in [0, 0.1) is 0 Å². The van der Waals surface area contributed by atoms with Crippen LogP contribution in [0.3, 0.4) is 0 Å². The van der Waals surface area contributed by atoms with Gasteiger partial charge in [0.15, 0.2) is 0 Å². The summed E-state index contributed by atoms with van der Waals surface area (Å²) in [5.41, 5.74) is 1.13. The van der Waals surface area contributed by atoms with Crippen LogP contribution in [0.4, 0.5) is 5.69 Å². The molecule has 0 fully saturated rings. The normalized spacial score (nSPS) is 10.0. The molecule has 132 valence electrons. The van der Waals surface area contributed by atoms with Crippen LogP contribution in [0.1, 0.15) is 17.3 Å². The Kier molecular flexibility index (Phi) is 6.39. The summed E-state index contributed by atoms with van der Waals surface area (Å²) in [5, 5.41) is 2.81. The second-order valence-electron chi connectivity index (χ2n) is 5.30. The van der Waals surface area contributed by atoms with Gasteiger partial charge in [0, 0.05) is 25.7 Å². The molecule has 0 saturated carbocycles. The average Bonchev–Trinajstić information content (AvgIpc) is 2.64. The van der Waals surface area contributed by atoms with Crippen molar-refractivity contribution in [2.75, 3.05) is 32.2 Å². The van der Waals surface area contributed by atoms with Gasteiger partial charge in [0.2, 0.25) is 5.91 Å². The molecule has 6 nitrogen and oxygen atoms in total. The van der Waals surface area contributed by atoms with Gasteiger partial charge in [0.05, 0.1) is 14.2 Å². The number of para-hydroxylation sites is 1. The molecule has 0 heterocycles. The molecule has 0 spiro atoms. The predicted molar refractivity (Wildman–Crippen MR) is 96.3 cm³/mol. The highest BCUT2D eigenvalue weighted by Crippen LogP contribution is 2.27. The molecule has 0 aliphatic heterocycles. The minimum Gasteiger partial charge on any atom is -0.496 e. The van der Waals surface area contributed by atoms with Crippen molar-refractivity contribution in [3.63, 3.8) is 0 Å². The van der Waals surface area contributed by atoms with Crippen molar-refractivity contribution in [3.05, 3.63) is 54.1 Å². The van der Waals surface area contributed by atoms with Crippen LogP contribution in [0.15, 0.2) is 48.5 Å². The number of methoxy groups -OCH3 is 2. The molecule has 25 heavy (non-hydrogen) atoms. The molecule has 0 atom stereocenters. The summed E-state index contributed by atoms with van der Waals surface area (Å²) >= 11 is 0. The van der Waals surface area contributed by atoms with Gasteiger partial charge in [0.1, 0.15) is 17.1 Å². The number of amides is 2. The Hall–Kier alpha value is -3.02. The van der Waals surface area contributed by atoms with E-state index in [-0.39, 0.29) is 11.8 Å². The van der Waals surface area contributed by atoms with E-state index in [9.17, 15) is 9.59 Å². The molecular weight excluding hydrogens is 320 g/mol. The monoisotopic (exact) mass is 342 g/mol. The first-order chi connectivity index (χ1) is 12.1. The van der Waals surface area contributed by atoms with Gasteiger partial charge in [-0.1, -0.05) is 24.3 Å². The van der Waals surface area contributed by atoms with Gasteiger partial charge in [0.25, 0.3) is 5.91 Å². The van der Waals surface area contributed by atoms with E-state index in [0.717, 1.165) is 5.69 Å². The number of benzene rings is 2. The average molecular weight is 342 g/mol. The summed E-state index contributed by atoms with van der Waals surface area (Å²) in [6.07, 6.45) is 0. The quantitative estimate of drug-likeness (QED) is 0.839. The molecule has 2 aromatic rings. The molecule has 0 aliphatic rings. The van der Waals surface area contributed by atoms with Crippen LogP contribution in [-0.2, 0) is 4.79 Å². The largest absolute Gasteiger partial charge is 0.496 e. The molecular formula is C19H22N2O4. The Labute approximate surface area is 147 Å². The molecule has 0 unspecified atom stereocenters. The number of anilines is 1. The first kappa shape index (κ1) is 18.3. The molecule has 2 amide bonds. The summed E-state index contributed by atoms with van der Waals surface area (Å²) in [7, 11) is 3.00. The third-order valence-corrected chi connectivity index (χ3v) is 3.72. The molecule has 0 bridgehead atoms. The van der Waals surface area contributed by atoms with Gasteiger partial charge in [-0.2, -0.15) is 0 Å². The first-order valence-corrected chi connectivity index (χ1v) is 7.90. The number of ether oxygens (including phenoxy) is 2. The highest BCUT2D eigenvalue weighted by atomic mass is 16.5. The van der Waals surface area contributed by atoms with Gasteiger partial charge >= 0.3 is 0 Å². The number of hydrogen-bond acceptors (Lipinski definition) is 4. The number of rotatable bonds is 7. The second kappa shape index (κ2) is 8.73. The SMILES string of the molecule is COc1cccc(OC)c1C(=O)NCCN(C(C)=O)c1ccccc1. The lowest BCUT2D eigenvalue weighted by Gasteiger charge is -2.21. The minimum absolute atomic E-state index is 0.0877. The van der Waals surface area contributed by atoms with E-state index in [0.29, 0.717) is 30.2 Å². The zero-order chi connectivity index (χ0) is 18.2. The molecule has 0 radical (unpaired) electrons. The van der Waals surface area contributed by atoms with Gasteiger partial charge in [-0.05, 0) is 24.3 Å². The maximum atomic E-state index is 12.5. The van der Waals surface area contributed by atoms with Crippen molar-refractivity contribution in [1.82, 2.24) is 5.32 Å². The van der Waals surface area contributed by atoms with Gasteiger partial charge in [-0.3, -0.25) is 9.59 Å². The van der Waals surface area contributed by atoms with Crippen molar-refractivity contribution in [2.24, 2.45) is 0 Å². The van der Waals surface area contributed by atoms with Crippen molar-refractivity contribution in [3.8, 4) is 11.5 Å². The predicted octanol–water partition coefficient (Wildman–Crippen LogP) is 2.49. The van der Waals surface area contributed by atoms with E-state index >= 15 is 0 Å². The molecule has 0 aromatic heterocycles. The number of nitrogens with zero attached hydrogens (tertiary/aromatic N) is 1. The third kappa shape index (κ3) is 4.50. The number of carbonyl (C=O) groups is 2. The van der Waals surface area contributed by atoms with Crippen LogP contribution < -0.4 is 19.7 Å². The van der Waals surface area contributed by atoms with Crippen molar-refractivity contribution >= 4 is 17.5 Å². The summed E-state index contributed by atoms with van der Waals surface area (Å²) in [5.74, 6) is 0.466. The van der Waals surface area contributed by atoms with Crippen LogP contribution in [0.25, 0.3) is 0 Å². The summed E-state index contributed by atoms with van der Waals surface area (Å²) in [6, 6.07) is 14.5. The van der Waals surface area contributed by atoms with E-state index in [1.807, 2.05) is 30.3 Å². The molecule has 2 aromatic carbocycles. The van der Waals surface area contributed by atoms with E-state index in [4.69, 9.17) is 9.47 Å². The Morgan fingerprint density at radius 1 is 0.960 bits per heavy atom. The Balaban J connectivity index is 2.06. The highest BCUT2D eigenvalue weighted by Gasteiger charge is 2.18. The van der Waals surface area contributed by atoms with Gasteiger partial charge < -0.3 is 19.7 Å². The van der Waals surface area contributed by atoms with E-state index in [1.54, 1.807) is 23.1 Å². The Morgan fingerprint density at radius 2 is 1.56 bits per heavy atom. The Morgan fingerprint density at radius 3 is 2.08 bits per heavy atom. The summed E-state index contributed by atoms with van der Waals surface area (Å²) < 4.78 is 10.5. The third-order valence-electron chi connectivity index (χ3n) is 3.72. The first-order valence-electron chi connectivity index (χ1n) is 7.90. The molecule has 6 heteroatoms. The molecule has 1 N–H and O–H groups in total. The van der Waals surface area contributed by atoms with E-state index < -0.39 is 0 Å². The number of nitrogens with one attached hydrogen (secondary N) is 1. The Bertz CT molecular complexity index is 709. The highest BCUT2D eigenvalue weighted by molar-refractivity contribution is 6.00. The van der Waals surface area contributed by atoms with Gasteiger partial charge in [-0.25, -0.2) is 0 Å². The zero-order valence-electron chi connectivity index (χ0n) is 14.6. The maximum Gasteiger partial charge on any atom is 0.258 e. The lowest BCUT2D eigenvalue weighted by Crippen LogP contribution is -2.37. The van der Waals surface area contributed by atoms with Crippen LogP contribution in [-0.4, -0.2) is 39.1 Å². The molecule has 2 rings (SSSR count). The summed E-state index contributed by atoms with van der Waals surface area (Å²) in [6.45, 7) is 2.16. The second-order valence-corrected chi connectivity index (χ2v) is 5.30. The topological polar surface area (TPSA) is 67.9 Å². The van der Waals surface area contributed by atoms with Crippen molar-refractivity contribution in [1.29, 1.82) is 0 Å². The standard InChI is InChI=1S/C19H22N2O4/c1-14(22)21(15-8-5-4-6-9-15)13-12-20-19(23)18-16(24-2)10-7-11-17(18)25-3/h4-11H,12-13H2,1-3H3,(H,20,23). The molecule has 0 aliphatic carbocycles. The lowest BCUT2D eigenvalue weighted by molar-refractivity contribution is -0.116. The minimum atomic E-state index is -0.314. The van der Waals surface area contributed by atoms with Crippen molar-refractivity contribution in [2.45, 2.75) is 6.92 Å². The van der Waals surface area contributed by atoms with Crippen LogP contribution in [0.5, 0.6) is 11.5 Å². The lowest BCUT2D eigenvalue weighted by atomic mass is 10.1. The van der Waals surface area contributed by atoms with E-state index in [1.165, 1.54) is 21.1 Å². The smallest absolute Gasteiger partial charge is 0.258 e. The fourth-order valence-electron chi connectivity index (χ4n) is 2.52. The fourth-order valence-corrected chi connectivity index (χ4v) is 2.52. The van der Waals surface area contributed by atoms with Crippen LogP contribution >= 0.6 is 0 Å². The number of carbonyl (C=O) groups excluding carboxylic acids is 2.